The molecule has 174 valence electrons. The van der Waals surface area contributed by atoms with Crippen LogP contribution in [-0.4, -0.2) is 21.2 Å². The van der Waals surface area contributed by atoms with Crippen LogP contribution in [0.5, 0.6) is 0 Å². The van der Waals surface area contributed by atoms with Crippen molar-refractivity contribution < 1.29 is 9.18 Å². The van der Waals surface area contributed by atoms with Crippen LogP contribution in [0.15, 0.2) is 65.5 Å². The van der Waals surface area contributed by atoms with Crippen LogP contribution in [0.3, 0.4) is 0 Å². The Labute approximate surface area is 198 Å². The summed E-state index contributed by atoms with van der Waals surface area (Å²) in [5.74, 6) is 1.44. The van der Waals surface area contributed by atoms with E-state index in [0.29, 0.717) is 23.4 Å². The van der Waals surface area contributed by atoms with E-state index in [4.69, 9.17) is 0 Å². The molecule has 4 aliphatic rings. The fraction of sp³-hybridized carbons (Fsp3) is 0.393. The van der Waals surface area contributed by atoms with Gasteiger partial charge in [0.2, 0.25) is 0 Å². The van der Waals surface area contributed by atoms with Gasteiger partial charge in [0, 0.05) is 11.1 Å². The van der Waals surface area contributed by atoms with Crippen molar-refractivity contribution in [1.29, 1.82) is 0 Å². The lowest BCUT2D eigenvalue weighted by Crippen LogP contribution is -2.60. The molecule has 0 radical (unpaired) electrons. The highest BCUT2D eigenvalue weighted by atomic mass is 19.1. The third-order valence-corrected chi connectivity index (χ3v) is 7.95. The maximum Gasteiger partial charge on any atom is 0.279 e. The lowest BCUT2D eigenvalue weighted by Gasteiger charge is -2.56. The SMILES string of the molecule is O=C(NC12CC3CC(CC(C3)C1)C2)c1cc(-c2ccccc2)nn(Cc2ccc(F)cc2)c1=O. The van der Waals surface area contributed by atoms with Gasteiger partial charge >= 0.3 is 0 Å². The Balaban J connectivity index is 1.36. The Morgan fingerprint density at radius 2 is 1.59 bits per heavy atom. The normalized spacial score (nSPS) is 27.0. The van der Waals surface area contributed by atoms with E-state index in [9.17, 15) is 14.0 Å². The summed E-state index contributed by atoms with van der Waals surface area (Å²) in [5.41, 5.74) is 1.65. The van der Waals surface area contributed by atoms with Crippen molar-refractivity contribution >= 4 is 5.91 Å². The Bertz CT molecular complexity index is 1250. The van der Waals surface area contributed by atoms with Gasteiger partial charge in [-0.1, -0.05) is 42.5 Å². The van der Waals surface area contributed by atoms with Gasteiger partial charge in [-0.3, -0.25) is 9.59 Å². The van der Waals surface area contributed by atoms with Crippen molar-refractivity contribution in [3.8, 4) is 11.3 Å². The third kappa shape index (κ3) is 3.95. The summed E-state index contributed by atoms with van der Waals surface area (Å²) in [6, 6.07) is 17.2. The summed E-state index contributed by atoms with van der Waals surface area (Å²) >= 11 is 0. The van der Waals surface area contributed by atoms with Crippen molar-refractivity contribution in [3.05, 3.63) is 88.0 Å². The maximum absolute atomic E-state index is 13.6. The van der Waals surface area contributed by atoms with E-state index in [1.54, 1.807) is 18.2 Å². The number of aromatic nitrogens is 2. The summed E-state index contributed by atoms with van der Waals surface area (Å²) < 4.78 is 14.7. The minimum absolute atomic E-state index is 0.117. The van der Waals surface area contributed by atoms with Crippen LogP contribution in [0, 0.1) is 23.6 Å². The number of benzene rings is 2. The highest BCUT2D eigenvalue weighted by Gasteiger charge is 2.51. The Hall–Kier alpha value is -3.28. The summed E-state index contributed by atoms with van der Waals surface area (Å²) in [7, 11) is 0. The quantitative estimate of drug-likeness (QED) is 0.599. The zero-order valence-electron chi connectivity index (χ0n) is 19.0. The van der Waals surface area contributed by atoms with E-state index in [1.165, 1.54) is 36.1 Å². The van der Waals surface area contributed by atoms with Crippen LogP contribution in [0.2, 0.25) is 0 Å². The highest BCUT2D eigenvalue weighted by molar-refractivity contribution is 5.95. The van der Waals surface area contributed by atoms with Crippen LogP contribution < -0.4 is 10.9 Å². The van der Waals surface area contributed by atoms with Crippen LogP contribution in [0.4, 0.5) is 4.39 Å². The molecule has 0 aliphatic heterocycles. The maximum atomic E-state index is 13.6. The second kappa shape index (κ2) is 8.19. The fourth-order valence-electron chi connectivity index (χ4n) is 6.90. The van der Waals surface area contributed by atoms with Gasteiger partial charge < -0.3 is 5.32 Å². The third-order valence-electron chi connectivity index (χ3n) is 7.95. The van der Waals surface area contributed by atoms with Gasteiger partial charge in [-0.05, 0) is 80.0 Å². The van der Waals surface area contributed by atoms with Crippen molar-refractivity contribution in [1.82, 2.24) is 15.1 Å². The molecule has 4 saturated carbocycles. The van der Waals surface area contributed by atoms with Gasteiger partial charge in [0.05, 0.1) is 12.2 Å². The summed E-state index contributed by atoms with van der Waals surface area (Å²) in [6.07, 6.45) is 6.91. The molecule has 7 rings (SSSR count). The van der Waals surface area contributed by atoms with Crippen LogP contribution >= 0.6 is 0 Å². The minimum atomic E-state index is -0.425. The first-order valence-electron chi connectivity index (χ1n) is 12.2. The molecule has 0 spiro atoms. The highest BCUT2D eigenvalue weighted by Crippen LogP contribution is 2.55. The number of nitrogens with zero attached hydrogens (tertiary/aromatic N) is 2. The predicted octanol–water partition coefficient (Wildman–Crippen LogP) is 4.80. The topological polar surface area (TPSA) is 64.0 Å². The molecule has 0 saturated heterocycles. The molecular weight excluding hydrogens is 429 g/mol. The van der Waals surface area contributed by atoms with Gasteiger partial charge in [0.1, 0.15) is 11.4 Å². The van der Waals surface area contributed by atoms with Crippen molar-refractivity contribution in [3.63, 3.8) is 0 Å². The minimum Gasteiger partial charge on any atom is -0.346 e. The molecular formula is C28H28FN3O2. The summed E-state index contributed by atoms with van der Waals surface area (Å²) in [4.78, 5) is 27.0. The first-order chi connectivity index (χ1) is 16.5. The van der Waals surface area contributed by atoms with E-state index in [2.05, 4.69) is 10.4 Å². The smallest absolute Gasteiger partial charge is 0.279 e. The first kappa shape index (κ1) is 21.3. The average molecular weight is 458 g/mol. The molecule has 1 amide bonds. The number of amides is 1. The number of nitrogens with one attached hydrogen (secondary N) is 1. The Morgan fingerprint density at radius 3 is 2.21 bits per heavy atom. The Morgan fingerprint density at radius 1 is 0.971 bits per heavy atom. The molecule has 6 heteroatoms. The average Bonchev–Trinajstić information content (AvgIpc) is 2.81. The first-order valence-corrected chi connectivity index (χ1v) is 12.2. The molecule has 3 aromatic rings. The monoisotopic (exact) mass is 457 g/mol. The van der Waals surface area contributed by atoms with Crippen molar-refractivity contribution in [2.24, 2.45) is 17.8 Å². The lowest BCUT2D eigenvalue weighted by atomic mass is 9.53. The number of carbonyl (C=O) groups excluding carboxylic acids is 1. The van der Waals surface area contributed by atoms with Gasteiger partial charge in [-0.25, -0.2) is 9.07 Å². The molecule has 5 nitrogen and oxygen atoms in total. The van der Waals surface area contributed by atoms with Gasteiger partial charge in [0.25, 0.3) is 11.5 Å². The van der Waals surface area contributed by atoms with Gasteiger partial charge in [-0.15, -0.1) is 0 Å². The number of hydrogen-bond acceptors (Lipinski definition) is 3. The molecule has 4 aliphatic carbocycles. The Kier molecular flexibility index (Phi) is 5.12. The zero-order valence-corrected chi connectivity index (χ0v) is 19.0. The van der Waals surface area contributed by atoms with E-state index < -0.39 is 5.56 Å². The fourth-order valence-corrected chi connectivity index (χ4v) is 6.90. The van der Waals surface area contributed by atoms with E-state index >= 15 is 0 Å². The van der Waals surface area contributed by atoms with Crippen molar-refractivity contribution in [2.75, 3.05) is 0 Å². The van der Waals surface area contributed by atoms with Crippen LogP contribution in [-0.2, 0) is 6.54 Å². The lowest BCUT2D eigenvalue weighted by molar-refractivity contribution is -0.0167. The molecule has 0 unspecified atom stereocenters. The van der Waals surface area contributed by atoms with Crippen LogP contribution in [0.25, 0.3) is 11.3 Å². The molecule has 1 N–H and O–H groups in total. The second-order valence-electron chi connectivity index (χ2n) is 10.6. The largest absolute Gasteiger partial charge is 0.346 e. The molecule has 4 fully saturated rings. The molecule has 4 bridgehead atoms. The number of rotatable bonds is 5. The molecule has 1 heterocycles. The molecule has 0 atom stereocenters. The second-order valence-corrected chi connectivity index (χ2v) is 10.6. The number of carbonyl (C=O) groups is 1. The zero-order chi connectivity index (χ0) is 23.3. The summed E-state index contributed by atoms with van der Waals surface area (Å²) in [6.45, 7) is 0.164. The summed E-state index contributed by atoms with van der Waals surface area (Å²) in [5, 5.41) is 7.89. The number of hydrogen-bond donors (Lipinski definition) is 1. The number of halogens is 1. The van der Waals surface area contributed by atoms with Gasteiger partial charge in [-0.2, -0.15) is 5.10 Å². The standard InChI is InChI=1S/C28H28FN3O2/c29-23-8-6-18(7-9-23)17-32-27(34)24(13-25(31-32)22-4-2-1-3-5-22)26(33)30-28-14-19-10-20(15-28)12-21(11-19)16-28/h1-9,13,19-21H,10-12,14-17H2,(H,30,33). The predicted molar refractivity (Wildman–Crippen MR) is 128 cm³/mol. The van der Waals surface area contributed by atoms with Crippen molar-refractivity contribution in [2.45, 2.75) is 50.6 Å². The van der Waals surface area contributed by atoms with Crippen LogP contribution in [0.1, 0.15) is 54.4 Å². The van der Waals surface area contributed by atoms with E-state index in [-0.39, 0.29) is 29.4 Å². The van der Waals surface area contributed by atoms with E-state index in [1.807, 2.05) is 30.3 Å². The molecule has 1 aromatic heterocycles. The molecule has 2 aromatic carbocycles. The molecule has 34 heavy (non-hydrogen) atoms. The van der Waals surface area contributed by atoms with Gasteiger partial charge in [0.15, 0.2) is 0 Å². The van der Waals surface area contributed by atoms with E-state index in [0.717, 1.165) is 30.4 Å².